The van der Waals surface area contributed by atoms with Crippen molar-refractivity contribution < 1.29 is 23.1 Å². The van der Waals surface area contributed by atoms with Crippen molar-refractivity contribution in [3.05, 3.63) is 65.2 Å². The van der Waals surface area contributed by atoms with Gasteiger partial charge in [-0.1, -0.05) is 30.3 Å². The third kappa shape index (κ3) is 6.94. The molecule has 184 valence electrons. The molecule has 2 aromatic carbocycles. The topological polar surface area (TPSA) is 67.8 Å². The Balaban J connectivity index is 1.23. The summed E-state index contributed by atoms with van der Waals surface area (Å²) in [5, 5.41) is 16.5. The summed E-state index contributed by atoms with van der Waals surface area (Å²) in [5.41, 5.74) is 3.76. The first-order valence-corrected chi connectivity index (χ1v) is 11.7. The first-order valence-electron chi connectivity index (χ1n) is 11.7. The number of aliphatic hydroxyl groups excluding tert-OH is 1. The average molecular weight is 477 g/mol. The van der Waals surface area contributed by atoms with Gasteiger partial charge in [0, 0.05) is 56.6 Å². The third-order valence-corrected chi connectivity index (χ3v) is 6.35. The van der Waals surface area contributed by atoms with Crippen molar-refractivity contribution in [1.29, 1.82) is 0 Å². The highest BCUT2D eigenvalue weighted by Gasteiger charge is 2.34. The number of alkyl halides is 3. The molecule has 0 saturated carbocycles. The highest BCUT2D eigenvalue weighted by molar-refractivity contribution is 5.95. The Morgan fingerprint density at radius 3 is 2.68 bits per heavy atom. The number of amides is 1. The van der Waals surface area contributed by atoms with E-state index in [-0.39, 0.29) is 18.5 Å². The Hall–Kier alpha value is -2.62. The zero-order valence-corrected chi connectivity index (χ0v) is 19.0. The number of hydrogen-bond acceptors (Lipinski definition) is 5. The molecule has 1 amide bonds. The number of benzene rings is 2. The fraction of sp³-hybridized carbons (Fsp3) is 0.480. The molecule has 0 spiro atoms. The molecule has 3 N–H and O–H groups in total. The first-order chi connectivity index (χ1) is 16.2. The van der Waals surface area contributed by atoms with Gasteiger partial charge >= 0.3 is 6.18 Å². The molecule has 2 heterocycles. The number of carbonyl (C=O) groups excluding carboxylic acids is 1. The molecule has 6 nitrogen and oxygen atoms in total. The van der Waals surface area contributed by atoms with Crippen LogP contribution < -0.4 is 10.6 Å². The van der Waals surface area contributed by atoms with Gasteiger partial charge in [0.1, 0.15) is 0 Å². The van der Waals surface area contributed by atoms with Gasteiger partial charge in [0.2, 0.25) is 0 Å². The molecule has 0 bridgehead atoms. The van der Waals surface area contributed by atoms with E-state index >= 15 is 0 Å². The Bertz CT molecular complexity index is 985. The van der Waals surface area contributed by atoms with E-state index < -0.39 is 18.8 Å². The lowest BCUT2D eigenvalue weighted by Crippen LogP contribution is -2.42. The normalized spacial score (nSPS) is 20.1. The molecule has 4 rings (SSSR count). The fourth-order valence-corrected chi connectivity index (χ4v) is 4.72. The van der Waals surface area contributed by atoms with Crippen LogP contribution in [-0.2, 0) is 13.0 Å². The lowest BCUT2D eigenvalue weighted by Gasteiger charge is -2.30. The maximum absolute atomic E-state index is 12.6. The molecule has 2 aromatic rings. The molecule has 0 aliphatic carbocycles. The zero-order chi connectivity index (χ0) is 24.1. The molecule has 34 heavy (non-hydrogen) atoms. The predicted molar refractivity (Wildman–Crippen MR) is 125 cm³/mol. The second-order valence-electron chi connectivity index (χ2n) is 9.18. The van der Waals surface area contributed by atoms with Crippen molar-refractivity contribution in [1.82, 2.24) is 15.1 Å². The molecule has 1 fully saturated rings. The number of rotatable bonds is 8. The molecule has 9 heteroatoms. The molecule has 2 aliphatic rings. The Labute approximate surface area is 197 Å². The lowest BCUT2D eigenvalue weighted by molar-refractivity contribution is -0.143. The van der Waals surface area contributed by atoms with Crippen molar-refractivity contribution in [3.63, 3.8) is 0 Å². The lowest BCUT2D eigenvalue weighted by atomic mass is 10.00. The minimum Gasteiger partial charge on any atom is -0.390 e. The Morgan fingerprint density at radius 2 is 1.88 bits per heavy atom. The molecular formula is C25H31F3N4O2. The fourth-order valence-electron chi connectivity index (χ4n) is 4.72. The molecule has 1 saturated heterocycles. The van der Waals surface area contributed by atoms with Gasteiger partial charge in [-0.25, -0.2) is 0 Å². The number of aliphatic hydroxyl groups is 1. The largest absolute Gasteiger partial charge is 0.401 e. The number of anilines is 1. The molecular weight excluding hydrogens is 445 g/mol. The maximum atomic E-state index is 12.6. The molecule has 0 radical (unpaired) electrons. The summed E-state index contributed by atoms with van der Waals surface area (Å²) in [4.78, 5) is 16.2. The second kappa shape index (κ2) is 10.8. The van der Waals surface area contributed by atoms with Crippen molar-refractivity contribution in [2.75, 3.05) is 44.6 Å². The van der Waals surface area contributed by atoms with Crippen LogP contribution in [-0.4, -0.2) is 78.4 Å². The van der Waals surface area contributed by atoms with Gasteiger partial charge in [0.05, 0.1) is 12.6 Å². The predicted octanol–water partition coefficient (Wildman–Crippen LogP) is 2.88. The average Bonchev–Trinajstić information content (AvgIpc) is 3.22. The zero-order valence-electron chi connectivity index (χ0n) is 19.0. The van der Waals surface area contributed by atoms with Crippen LogP contribution in [0.4, 0.5) is 18.9 Å². The minimum atomic E-state index is -4.20. The molecule has 0 aromatic heterocycles. The highest BCUT2D eigenvalue weighted by Crippen LogP contribution is 2.22. The Kier molecular flexibility index (Phi) is 7.75. The van der Waals surface area contributed by atoms with Crippen LogP contribution in [0.3, 0.4) is 0 Å². The van der Waals surface area contributed by atoms with E-state index in [2.05, 4.69) is 27.7 Å². The van der Waals surface area contributed by atoms with Crippen LogP contribution in [0.15, 0.2) is 48.5 Å². The van der Waals surface area contributed by atoms with Crippen molar-refractivity contribution in [2.24, 2.45) is 0 Å². The number of carbonyl (C=O) groups is 1. The molecule has 2 unspecified atom stereocenters. The van der Waals surface area contributed by atoms with E-state index in [0.29, 0.717) is 37.3 Å². The van der Waals surface area contributed by atoms with Gasteiger partial charge < -0.3 is 15.7 Å². The van der Waals surface area contributed by atoms with Crippen LogP contribution in [0.1, 0.15) is 27.9 Å². The summed E-state index contributed by atoms with van der Waals surface area (Å²) in [6.07, 6.45) is -3.33. The summed E-state index contributed by atoms with van der Waals surface area (Å²) in [7, 11) is 0. The number of likely N-dealkylation sites (tertiary alicyclic amines) is 1. The smallest absolute Gasteiger partial charge is 0.390 e. The summed E-state index contributed by atoms with van der Waals surface area (Å²) >= 11 is 0. The van der Waals surface area contributed by atoms with Gasteiger partial charge in [-0.15, -0.1) is 0 Å². The van der Waals surface area contributed by atoms with Gasteiger partial charge in [0.15, 0.2) is 0 Å². The van der Waals surface area contributed by atoms with Gasteiger partial charge in [-0.05, 0) is 42.2 Å². The minimum absolute atomic E-state index is 0.0999. The standard InChI is InChI=1S/C25H31F3N4O2/c26-25(27,28)17-32-11-9-22(15-32)30-21-7-3-6-19(12-21)24(34)29-13-23(33)16-31-10-8-18-4-1-2-5-20(18)14-31/h1-7,12,22-23,30,33H,8-11,13-17H2,(H,29,34). The Morgan fingerprint density at radius 1 is 1.09 bits per heavy atom. The van der Waals surface area contributed by atoms with Crippen molar-refractivity contribution >= 4 is 11.6 Å². The van der Waals surface area contributed by atoms with Gasteiger partial charge in [-0.3, -0.25) is 14.6 Å². The second-order valence-corrected chi connectivity index (χ2v) is 9.18. The summed E-state index contributed by atoms with van der Waals surface area (Å²) in [6.45, 7) is 2.07. The first kappa shape index (κ1) is 24.5. The quantitative estimate of drug-likeness (QED) is 0.547. The molecule has 2 atom stereocenters. The van der Waals surface area contributed by atoms with E-state index in [4.69, 9.17) is 0 Å². The molecule has 2 aliphatic heterocycles. The number of nitrogens with zero attached hydrogens (tertiary/aromatic N) is 2. The number of β-amino-alcohol motifs (C(OH)–C–C–N with tert-alkyl or cyclic N) is 1. The highest BCUT2D eigenvalue weighted by atomic mass is 19.4. The van der Waals surface area contributed by atoms with Crippen LogP contribution in [0.2, 0.25) is 0 Å². The van der Waals surface area contributed by atoms with E-state index in [0.717, 1.165) is 19.5 Å². The van der Waals surface area contributed by atoms with Crippen LogP contribution in [0.25, 0.3) is 0 Å². The van der Waals surface area contributed by atoms with Crippen molar-refractivity contribution in [2.45, 2.75) is 37.7 Å². The summed E-state index contributed by atoms with van der Waals surface area (Å²) in [5.74, 6) is -0.295. The SMILES string of the molecule is O=C(NCC(O)CN1CCc2ccccc2C1)c1cccc(NC2CCN(CC(F)(F)F)C2)c1. The van der Waals surface area contributed by atoms with E-state index in [1.165, 1.54) is 16.0 Å². The van der Waals surface area contributed by atoms with Crippen LogP contribution in [0.5, 0.6) is 0 Å². The van der Waals surface area contributed by atoms with E-state index in [1.54, 1.807) is 24.3 Å². The monoisotopic (exact) mass is 476 g/mol. The maximum Gasteiger partial charge on any atom is 0.401 e. The van der Waals surface area contributed by atoms with Gasteiger partial charge in [0.25, 0.3) is 5.91 Å². The van der Waals surface area contributed by atoms with Gasteiger partial charge in [-0.2, -0.15) is 13.2 Å². The van der Waals surface area contributed by atoms with Crippen LogP contribution >= 0.6 is 0 Å². The van der Waals surface area contributed by atoms with E-state index in [1.807, 2.05) is 12.1 Å². The number of halogens is 3. The van der Waals surface area contributed by atoms with E-state index in [9.17, 15) is 23.1 Å². The summed E-state index contributed by atoms with van der Waals surface area (Å²) in [6, 6.07) is 15.1. The number of hydrogen-bond donors (Lipinski definition) is 3. The number of nitrogens with one attached hydrogen (secondary N) is 2. The van der Waals surface area contributed by atoms with Crippen LogP contribution in [0, 0.1) is 0 Å². The van der Waals surface area contributed by atoms with Crippen molar-refractivity contribution in [3.8, 4) is 0 Å². The third-order valence-electron chi connectivity index (χ3n) is 6.35. The number of fused-ring (bicyclic) bond motifs is 1. The summed E-state index contributed by atoms with van der Waals surface area (Å²) < 4.78 is 37.8.